The number of halogens is 2. The molecule has 1 atom stereocenters. The topological polar surface area (TPSA) is 63.4 Å². The Balaban J connectivity index is 1.68. The van der Waals surface area contributed by atoms with Crippen LogP contribution in [0.1, 0.15) is 49.4 Å². The van der Waals surface area contributed by atoms with E-state index in [1.165, 1.54) is 0 Å². The van der Waals surface area contributed by atoms with E-state index in [0.717, 1.165) is 40.3 Å². The lowest BCUT2D eigenvalue weighted by Gasteiger charge is -2.25. The molecule has 0 saturated carbocycles. The first kappa shape index (κ1) is 27.7. The van der Waals surface area contributed by atoms with Crippen LogP contribution in [0.5, 0.6) is 5.75 Å². The van der Waals surface area contributed by atoms with Gasteiger partial charge in [-0.1, -0.05) is 26.8 Å². The highest BCUT2D eigenvalue weighted by molar-refractivity contribution is 5.88. The lowest BCUT2D eigenvalue weighted by molar-refractivity contribution is 0.0575. The minimum Gasteiger partial charge on any atom is -0.489 e. The summed E-state index contributed by atoms with van der Waals surface area (Å²) in [7, 11) is 5.81. The van der Waals surface area contributed by atoms with E-state index >= 15 is 4.39 Å². The fourth-order valence-corrected chi connectivity index (χ4v) is 4.62. The first-order chi connectivity index (χ1) is 17.9. The van der Waals surface area contributed by atoms with Gasteiger partial charge in [-0.25, -0.2) is 4.39 Å². The number of hydrogen-bond acceptors (Lipinski definition) is 5. The lowest BCUT2D eigenvalue weighted by Crippen LogP contribution is -2.20. The molecule has 8 heteroatoms. The van der Waals surface area contributed by atoms with Crippen molar-refractivity contribution in [1.82, 2.24) is 19.7 Å². The normalized spacial score (nSPS) is 12.9. The third kappa shape index (κ3) is 5.56. The molecule has 0 spiro atoms. The number of pyridine rings is 1. The van der Waals surface area contributed by atoms with Crippen LogP contribution < -0.4 is 4.74 Å². The SMILES string of the molecule is Cc1c(CCOc2c(-c3ccc4nccc(CN(C)C)c4c3)ccc(F)c2F)c(C(O)C(C)(C)C)nn1C. The van der Waals surface area contributed by atoms with Gasteiger partial charge < -0.3 is 14.7 Å². The standard InChI is InChI=1S/C30H36F2N4O2/c1-18-21(27(34-36(18)7)29(37)30(2,3)4)13-15-38-28-22(9-10-24(31)26(28)32)19-8-11-25-23(16-19)20(12-14-33-25)17-35(5)6/h8-12,14,16,29,37H,13,15,17H2,1-7H3. The summed E-state index contributed by atoms with van der Waals surface area (Å²) in [6, 6.07) is 10.3. The summed E-state index contributed by atoms with van der Waals surface area (Å²) in [6.07, 6.45) is 1.38. The number of aliphatic hydroxyl groups excluding tert-OH is 1. The van der Waals surface area contributed by atoms with E-state index in [0.29, 0.717) is 23.2 Å². The van der Waals surface area contributed by atoms with Crippen molar-refractivity contribution >= 4 is 10.9 Å². The molecule has 202 valence electrons. The van der Waals surface area contributed by atoms with Crippen LogP contribution in [0.2, 0.25) is 0 Å². The molecule has 6 nitrogen and oxygen atoms in total. The highest BCUT2D eigenvalue weighted by Gasteiger charge is 2.30. The Hall–Kier alpha value is -3.36. The van der Waals surface area contributed by atoms with Crippen molar-refractivity contribution in [2.24, 2.45) is 12.5 Å². The number of ether oxygens (including phenoxy) is 1. The molecule has 2 aromatic carbocycles. The molecular weight excluding hydrogens is 486 g/mol. The van der Waals surface area contributed by atoms with Gasteiger partial charge in [0.25, 0.3) is 0 Å². The molecule has 38 heavy (non-hydrogen) atoms. The minimum absolute atomic E-state index is 0.0881. The maximum atomic E-state index is 15.1. The van der Waals surface area contributed by atoms with E-state index in [-0.39, 0.29) is 12.4 Å². The Morgan fingerprint density at radius 2 is 1.84 bits per heavy atom. The molecule has 2 aromatic heterocycles. The van der Waals surface area contributed by atoms with Crippen LogP contribution >= 0.6 is 0 Å². The van der Waals surface area contributed by atoms with Crippen molar-refractivity contribution in [3.8, 4) is 16.9 Å². The zero-order valence-electron chi connectivity index (χ0n) is 23.1. The molecule has 0 fully saturated rings. The largest absolute Gasteiger partial charge is 0.489 e. The predicted octanol–water partition coefficient (Wildman–Crippen LogP) is 5.98. The molecule has 1 N–H and O–H groups in total. The first-order valence-electron chi connectivity index (χ1n) is 12.7. The van der Waals surface area contributed by atoms with Crippen LogP contribution in [0.25, 0.3) is 22.0 Å². The van der Waals surface area contributed by atoms with Crippen molar-refractivity contribution in [2.75, 3.05) is 20.7 Å². The zero-order valence-corrected chi connectivity index (χ0v) is 23.1. The highest BCUT2D eigenvalue weighted by atomic mass is 19.2. The first-order valence-corrected chi connectivity index (χ1v) is 12.7. The van der Waals surface area contributed by atoms with Gasteiger partial charge in [0.05, 0.1) is 17.8 Å². The summed E-state index contributed by atoms with van der Waals surface area (Å²) >= 11 is 0. The monoisotopic (exact) mass is 522 g/mol. The number of aliphatic hydroxyl groups is 1. The number of aryl methyl sites for hydroxylation is 1. The van der Waals surface area contributed by atoms with Crippen LogP contribution in [-0.4, -0.2) is 45.5 Å². The maximum absolute atomic E-state index is 15.1. The number of fused-ring (bicyclic) bond motifs is 1. The quantitative estimate of drug-likeness (QED) is 0.308. The predicted molar refractivity (Wildman–Crippen MR) is 146 cm³/mol. The van der Waals surface area contributed by atoms with E-state index in [4.69, 9.17) is 4.74 Å². The van der Waals surface area contributed by atoms with Crippen molar-refractivity contribution in [2.45, 2.75) is 46.8 Å². The van der Waals surface area contributed by atoms with Gasteiger partial charge in [-0.05, 0) is 67.9 Å². The molecule has 1 unspecified atom stereocenters. The second kappa shape index (κ2) is 10.8. The van der Waals surface area contributed by atoms with Gasteiger partial charge in [-0.3, -0.25) is 9.67 Å². The third-order valence-electron chi connectivity index (χ3n) is 6.85. The Bertz CT molecular complexity index is 1460. The number of aromatic nitrogens is 3. The second-order valence-corrected chi connectivity index (χ2v) is 11.1. The molecule has 0 radical (unpaired) electrons. The van der Waals surface area contributed by atoms with Gasteiger partial charge in [0.2, 0.25) is 5.82 Å². The van der Waals surface area contributed by atoms with Gasteiger partial charge in [-0.15, -0.1) is 0 Å². The van der Waals surface area contributed by atoms with Crippen LogP contribution in [0.15, 0.2) is 42.6 Å². The van der Waals surface area contributed by atoms with E-state index in [1.54, 1.807) is 16.9 Å². The summed E-state index contributed by atoms with van der Waals surface area (Å²) in [5.74, 6) is -2.14. The summed E-state index contributed by atoms with van der Waals surface area (Å²) in [5.41, 5.74) is 4.99. The number of nitrogens with zero attached hydrogens (tertiary/aromatic N) is 4. The number of benzene rings is 2. The molecule has 2 heterocycles. The Kier molecular flexibility index (Phi) is 7.85. The van der Waals surface area contributed by atoms with E-state index in [1.807, 2.05) is 73.1 Å². The zero-order chi connectivity index (χ0) is 27.8. The summed E-state index contributed by atoms with van der Waals surface area (Å²) < 4.78 is 37.1. The van der Waals surface area contributed by atoms with Crippen LogP contribution in [0, 0.1) is 24.0 Å². The van der Waals surface area contributed by atoms with E-state index in [2.05, 4.69) is 15.0 Å². The van der Waals surface area contributed by atoms with Crippen molar-refractivity contribution in [1.29, 1.82) is 0 Å². The summed E-state index contributed by atoms with van der Waals surface area (Å²) in [6.45, 7) is 8.56. The lowest BCUT2D eigenvalue weighted by atomic mass is 9.85. The van der Waals surface area contributed by atoms with Crippen LogP contribution in [-0.2, 0) is 20.0 Å². The van der Waals surface area contributed by atoms with Gasteiger partial charge in [-0.2, -0.15) is 9.49 Å². The number of hydrogen-bond donors (Lipinski definition) is 1. The summed E-state index contributed by atoms with van der Waals surface area (Å²) in [5, 5.41) is 16.4. The molecular formula is C30H36F2N4O2. The fraction of sp³-hybridized carbons (Fsp3) is 0.400. The molecule has 0 amide bonds. The minimum atomic E-state index is -1.03. The molecule has 0 saturated heterocycles. The molecule has 4 aromatic rings. The maximum Gasteiger partial charge on any atom is 0.201 e. The molecule has 0 aliphatic carbocycles. The average molecular weight is 523 g/mol. The van der Waals surface area contributed by atoms with Crippen LogP contribution in [0.4, 0.5) is 8.78 Å². The van der Waals surface area contributed by atoms with E-state index < -0.39 is 23.2 Å². The Morgan fingerprint density at radius 3 is 2.53 bits per heavy atom. The average Bonchev–Trinajstić information content (AvgIpc) is 3.13. The smallest absolute Gasteiger partial charge is 0.201 e. The molecule has 0 aliphatic rings. The summed E-state index contributed by atoms with van der Waals surface area (Å²) in [4.78, 5) is 6.53. The van der Waals surface area contributed by atoms with Crippen LogP contribution in [0.3, 0.4) is 0 Å². The van der Waals surface area contributed by atoms with Gasteiger partial charge in [0, 0.05) is 48.4 Å². The van der Waals surface area contributed by atoms with Gasteiger partial charge in [0.1, 0.15) is 6.10 Å². The fourth-order valence-electron chi connectivity index (χ4n) is 4.62. The van der Waals surface area contributed by atoms with Gasteiger partial charge in [0.15, 0.2) is 11.6 Å². The molecule has 0 aliphatic heterocycles. The Labute approximate surface area is 222 Å². The molecule has 0 bridgehead atoms. The van der Waals surface area contributed by atoms with Gasteiger partial charge >= 0.3 is 0 Å². The Morgan fingerprint density at radius 1 is 1.11 bits per heavy atom. The third-order valence-corrected chi connectivity index (χ3v) is 6.85. The number of rotatable bonds is 8. The second-order valence-electron chi connectivity index (χ2n) is 11.1. The highest BCUT2D eigenvalue weighted by Crippen LogP contribution is 2.37. The van der Waals surface area contributed by atoms with Crippen molar-refractivity contribution in [3.05, 3.63) is 76.7 Å². The molecule has 4 rings (SSSR count). The van der Waals surface area contributed by atoms with E-state index in [9.17, 15) is 9.50 Å². The van der Waals surface area contributed by atoms with Crippen molar-refractivity contribution in [3.63, 3.8) is 0 Å². The van der Waals surface area contributed by atoms with Crippen molar-refractivity contribution < 1.29 is 18.6 Å².